The fourth-order valence-corrected chi connectivity index (χ4v) is 3.76. The first kappa shape index (κ1) is 21.0. The molecule has 2 aliphatic heterocycles. The Balaban J connectivity index is 1.47. The lowest BCUT2D eigenvalue weighted by Gasteiger charge is -2.23. The van der Waals surface area contributed by atoms with Gasteiger partial charge in [-0.05, 0) is 43.0 Å². The number of nitrogens with zero attached hydrogens (tertiary/aromatic N) is 3. The van der Waals surface area contributed by atoms with Crippen LogP contribution in [0.4, 0.5) is 5.69 Å². The van der Waals surface area contributed by atoms with Crippen LogP contribution in [0.1, 0.15) is 31.7 Å². The third-order valence-corrected chi connectivity index (χ3v) is 5.37. The zero-order valence-electron chi connectivity index (χ0n) is 17.1. The molecule has 7 heteroatoms. The Morgan fingerprint density at radius 2 is 1.59 bits per heavy atom. The minimum Gasteiger partial charge on any atom is -0.342 e. The quantitative estimate of drug-likeness (QED) is 0.768. The van der Waals surface area contributed by atoms with Gasteiger partial charge in [0.05, 0.1) is 6.54 Å². The maximum absolute atomic E-state index is 12.6. The van der Waals surface area contributed by atoms with Crippen LogP contribution in [-0.2, 0) is 14.4 Å². The van der Waals surface area contributed by atoms with Gasteiger partial charge in [0.2, 0.25) is 17.7 Å². The van der Waals surface area contributed by atoms with Crippen LogP contribution in [0.5, 0.6) is 0 Å². The summed E-state index contributed by atoms with van der Waals surface area (Å²) in [4.78, 5) is 41.9. The predicted octanol–water partition coefficient (Wildman–Crippen LogP) is 1.81. The van der Waals surface area contributed by atoms with Gasteiger partial charge in [-0.3, -0.25) is 19.3 Å². The van der Waals surface area contributed by atoms with Gasteiger partial charge in [0.1, 0.15) is 0 Å². The van der Waals surface area contributed by atoms with Crippen molar-refractivity contribution < 1.29 is 14.4 Å². The molecule has 0 atom stereocenters. The van der Waals surface area contributed by atoms with Gasteiger partial charge in [0.25, 0.3) is 0 Å². The monoisotopic (exact) mass is 398 g/mol. The molecule has 3 rings (SSSR count). The Morgan fingerprint density at radius 1 is 0.897 bits per heavy atom. The first-order valence-electron chi connectivity index (χ1n) is 10.4. The summed E-state index contributed by atoms with van der Waals surface area (Å²) in [5, 5.41) is 2.72. The molecule has 0 aromatic heterocycles. The van der Waals surface area contributed by atoms with Crippen LogP contribution in [0, 0.1) is 0 Å². The number of hydrogen-bond donors (Lipinski definition) is 1. The summed E-state index contributed by atoms with van der Waals surface area (Å²) in [6.45, 7) is 6.61. The van der Waals surface area contributed by atoms with E-state index in [1.165, 1.54) is 6.92 Å². The van der Waals surface area contributed by atoms with E-state index in [2.05, 4.69) is 10.2 Å². The molecule has 29 heavy (non-hydrogen) atoms. The molecule has 0 radical (unpaired) electrons. The first-order chi connectivity index (χ1) is 14.0. The Kier molecular flexibility index (Phi) is 7.41. The van der Waals surface area contributed by atoms with Gasteiger partial charge in [0, 0.05) is 58.0 Å². The van der Waals surface area contributed by atoms with Gasteiger partial charge in [-0.15, -0.1) is 0 Å². The molecule has 156 valence electrons. The minimum atomic E-state index is -0.110. The highest BCUT2D eigenvalue weighted by atomic mass is 16.2. The summed E-state index contributed by atoms with van der Waals surface area (Å²) in [6.07, 6.45) is 6.48. The molecular weight excluding hydrogens is 368 g/mol. The Morgan fingerprint density at radius 3 is 2.28 bits per heavy atom. The number of anilines is 1. The first-order valence-corrected chi connectivity index (χ1v) is 10.4. The molecule has 2 fully saturated rings. The molecule has 2 saturated heterocycles. The van der Waals surface area contributed by atoms with Crippen molar-refractivity contribution in [3.05, 3.63) is 35.9 Å². The van der Waals surface area contributed by atoms with E-state index in [4.69, 9.17) is 0 Å². The van der Waals surface area contributed by atoms with Gasteiger partial charge in [-0.2, -0.15) is 0 Å². The number of nitrogens with one attached hydrogen (secondary N) is 1. The standard InChI is InChI=1S/C22H30N4O3/c1-18(27)23-20-8-5-19(6-9-20)7-10-21(28)26-14-4-11-24(15-16-26)17-22(29)25-12-2-3-13-25/h5-10H,2-4,11-17H2,1H3,(H,23,27)/b10-7+. The Bertz CT molecular complexity index is 754. The van der Waals surface area contributed by atoms with Crippen LogP contribution in [0.2, 0.25) is 0 Å². The number of rotatable bonds is 5. The van der Waals surface area contributed by atoms with Crippen molar-refractivity contribution >= 4 is 29.5 Å². The molecule has 7 nitrogen and oxygen atoms in total. The van der Waals surface area contributed by atoms with E-state index in [1.807, 2.05) is 34.1 Å². The van der Waals surface area contributed by atoms with E-state index in [0.29, 0.717) is 19.6 Å². The molecule has 1 aromatic carbocycles. The Labute approximate surface area is 172 Å². The molecular formula is C22H30N4O3. The van der Waals surface area contributed by atoms with Gasteiger partial charge in [-0.1, -0.05) is 12.1 Å². The maximum atomic E-state index is 12.6. The summed E-state index contributed by atoms with van der Waals surface area (Å²) in [7, 11) is 0. The largest absolute Gasteiger partial charge is 0.342 e. The number of amides is 3. The van der Waals surface area contributed by atoms with Crippen molar-refractivity contribution in [1.82, 2.24) is 14.7 Å². The summed E-state index contributed by atoms with van der Waals surface area (Å²) < 4.78 is 0. The van der Waals surface area contributed by atoms with Crippen LogP contribution in [0.3, 0.4) is 0 Å². The van der Waals surface area contributed by atoms with Crippen molar-refractivity contribution in [2.75, 3.05) is 51.1 Å². The highest BCUT2D eigenvalue weighted by Gasteiger charge is 2.23. The average Bonchev–Trinajstić information content (AvgIpc) is 3.14. The van der Waals surface area contributed by atoms with Crippen molar-refractivity contribution in [1.29, 1.82) is 0 Å². The van der Waals surface area contributed by atoms with Gasteiger partial charge < -0.3 is 15.1 Å². The zero-order valence-corrected chi connectivity index (χ0v) is 17.1. The molecule has 0 unspecified atom stereocenters. The van der Waals surface area contributed by atoms with Gasteiger partial charge >= 0.3 is 0 Å². The highest BCUT2D eigenvalue weighted by Crippen LogP contribution is 2.12. The van der Waals surface area contributed by atoms with E-state index in [1.54, 1.807) is 12.2 Å². The van der Waals surface area contributed by atoms with E-state index in [-0.39, 0.29) is 17.7 Å². The Hall–Kier alpha value is -2.67. The number of likely N-dealkylation sites (tertiary alicyclic amines) is 1. The molecule has 0 saturated carbocycles. The molecule has 0 aliphatic carbocycles. The molecule has 3 amide bonds. The summed E-state index contributed by atoms with van der Waals surface area (Å²) >= 11 is 0. The number of carbonyl (C=O) groups excluding carboxylic acids is 3. The molecule has 0 bridgehead atoms. The number of benzene rings is 1. The molecule has 2 aliphatic rings. The van der Waals surface area contributed by atoms with Crippen LogP contribution < -0.4 is 5.32 Å². The summed E-state index contributed by atoms with van der Waals surface area (Å²) in [6, 6.07) is 7.35. The van der Waals surface area contributed by atoms with Crippen molar-refractivity contribution in [2.24, 2.45) is 0 Å². The normalized spacial score (nSPS) is 18.1. The second-order valence-electron chi connectivity index (χ2n) is 7.68. The smallest absolute Gasteiger partial charge is 0.246 e. The van der Waals surface area contributed by atoms with Crippen LogP contribution in [0.15, 0.2) is 30.3 Å². The summed E-state index contributed by atoms with van der Waals surface area (Å²) in [5.74, 6) is 0.0920. The molecule has 1 aromatic rings. The van der Waals surface area contributed by atoms with E-state index < -0.39 is 0 Å². The number of carbonyl (C=O) groups is 3. The lowest BCUT2D eigenvalue weighted by atomic mass is 10.2. The van der Waals surface area contributed by atoms with E-state index in [0.717, 1.165) is 56.7 Å². The zero-order chi connectivity index (χ0) is 20.6. The highest BCUT2D eigenvalue weighted by molar-refractivity contribution is 5.92. The second kappa shape index (κ2) is 10.2. The van der Waals surface area contributed by atoms with Crippen molar-refractivity contribution in [3.63, 3.8) is 0 Å². The maximum Gasteiger partial charge on any atom is 0.246 e. The third-order valence-electron chi connectivity index (χ3n) is 5.37. The molecule has 1 N–H and O–H groups in total. The van der Waals surface area contributed by atoms with Crippen molar-refractivity contribution in [3.8, 4) is 0 Å². The third kappa shape index (κ3) is 6.42. The molecule has 2 heterocycles. The molecule has 0 spiro atoms. The van der Waals surface area contributed by atoms with Crippen molar-refractivity contribution in [2.45, 2.75) is 26.2 Å². The van der Waals surface area contributed by atoms with Gasteiger partial charge in [-0.25, -0.2) is 0 Å². The lowest BCUT2D eigenvalue weighted by Crippen LogP contribution is -2.41. The van der Waals surface area contributed by atoms with Gasteiger partial charge in [0.15, 0.2) is 0 Å². The van der Waals surface area contributed by atoms with Crippen LogP contribution >= 0.6 is 0 Å². The topological polar surface area (TPSA) is 73.0 Å². The minimum absolute atomic E-state index is 0.0105. The fraction of sp³-hybridized carbons (Fsp3) is 0.500. The predicted molar refractivity (Wildman–Crippen MR) is 113 cm³/mol. The summed E-state index contributed by atoms with van der Waals surface area (Å²) in [5.41, 5.74) is 1.64. The number of hydrogen-bond acceptors (Lipinski definition) is 4. The van der Waals surface area contributed by atoms with E-state index in [9.17, 15) is 14.4 Å². The second-order valence-corrected chi connectivity index (χ2v) is 7.68. The average molecular weight is 399 g/mol. The van der Waals surface area contributed by atoms with Crippen LogP contribution in [-0.4, -0.2) is 78.2 Å². The fourth-order valence-electron chi connectivity index (χ4n) is 3.76. The van der Waals surface area contributed by atoms with E-state index >= 15 is 0 Å². The lowest BCUT2D eigenvalue weighted by molar-refractivity contribution is -0.131. The van der Waals surface area contributed by atoms with Crippen LogP contribution in [0.25, 0.3) is 6.08 Å². The SMILES string of the molecule is CC(=O)Nc1ccc(/C=C/C(=O)N2CCCN(CC(=O)N3CCCC3)CC2)cc1.